The van der Waals surface area contributed by atoms with Crippen molar-refractivity contribution in [1.82, 2.24) is 0 Å². The second-order valence-corrected chi connectivity index (χ2v) is 16.1. The van der Waals surface area contributed by atoms with Gasteiger partial charge in [-0.25, -0.2) is 0 Å². The molecule has 5 aliphatic carbocycles. The van der Waals surface area contributed by atoms with E-state index in [-0.39, 0.29) is 34.6 Å². The summed E-state index contributed by atoms with van der Waals surface area (Å²) in [6.45, 7) is 18.0. The van der Waals surface area contributed by atoms with Gasteiger partial charge in [-0.3, -0.25) is 0 Å². The lowest BCUT2D eigenvalue weighted by molar-refractivity contribution is -0.215. The molecule has 0 aromatic rings. The summed E-state index contributed by atoms with van der Waals surface area (Å²) in [6, 6.07) is 0. The Morgan fingerprint density at radius 2 is 1.62 bits per heavy atom. The second kappa shape index (κ2) is 7.96. The van der Waals surface area contributed by atoms with E-state index in [9.17, 15) is 15.3 Å². The molecule has 3 unspecified atom stereocenters. The maximum absolute atomic E-state index is 12.3. The molecule has 3 N–H and O–H groups in total. The van der Waals surface area contributed by atoms with Gasteiger partial charge in [0, 0.05) is 12.0 Å². The van der Waals surface area contributed by atoms with E-state index in [4.69, 9.17) is 9.47 Å². The van der Waals surface area contributed by atoms with Gasteiger partial charge in [0.25, 0.3) is 0 Å². The fourth-order valence-electron chi connectivity index (χ4n) is 12.5. The Bertz CT molecular complexity index is 927. The third-order valence-corrected chi connectivity index (χ3v) is 14.2. The third-order valence-electron chi connectivity index (χ3n) is 14.2. The Morgan fingerprint density at radius 3 is 2.27 bits per heavy atom. The highest BCUT2D eigenvalue weighted by Gasteiger charge is 2.84. The predicted molar refractivity (Wildman–Crippen MR) is 144 cm³/mol. The largest absolute Gasteiger partial charge is 0.393 e. The average molecular weight is 519 g/mol. The Hall–Kier alpha value is -0.200. The molecule has 1 aliphatic heterocycles. The molecule has 0 amide bonds. The summed E-state index contributed by atoms with van der Waals surface area (Å²) >= 11 is 0. The van der Waals surface area contributed by atoms with Crippen LogP contribution >= 0.6 is 0 Å². The van der Waals surface area contributed by atoms with Gasteiger partial charge < -0.3 is 24.8 Å². The predicted octanol–water partition coefficient (Wildman–Crippen LogP) is 5.34. The van der Waals surface area contributed by atoms with Gasteiger partial charge in [-0.2, -0.15) is 0 Å². The molecular formula is C32H54O5. The van der Waals surface area contributed by atoms with E-state index in [2.05, 4.69) is 34.6 Å². The molecule has 212 valence electrons. The van der Waals surface area contributed by atoms with Crippen LogP contribution in [-0.4, -0.2) is 58.0 Å². The Morgan fingerprint density at radius 1 is 0.973 bits per heavy atom. The van der Waals surface area contributed by atoms with Gasteiger partial charge in [-0.05, 0) is 117 Å². The summed E-state index contributed by atoms with van der Waals surface area (Å²) in [6.07, 6.45) is 7.49. The Labute approximate surface area is 225 Å². The first kappa shape index (κ1) is 27.0. The van der Waals surface area contributed by atoms with Crippen molar-refractivity contribution in [2.24, 2.45) is 50.7 Å². The zero-order valence-corrected chi connectivity index (χ0v) is 24.7. The van der Waals surface area contributed by atoms with Crippen LogP contribution in [0.2, 0.25) is 0 Å². The van der Waals surface area contributed by atoms with Crippen molar-refractivity contribution in [3.63, 3.8) is 0 Å². The van der Waals surface area contributed by atoms with E-state index < -0.39 is 17.8 Å². The first-order chi connectivity index (χ1) is 17.1. The number of hydrogen-bond donors (Lipinski definition) is 3. The number of rotatable bonds is 4. The van der Waals surface area contributed by atoms with E-state index in [0.29, 0.717) is 41.1 Å². The molecule has 6 rings (SSSR count). The summed E-state index contributed by atoms with van der Waals surface area (Å²) < 4.78 is 12.9. The highest BCUT2D eigenvalue weighted by Crippen LogP contribution is 2.89. The molecule has 13 atom stereocenters. The van der Waals surface area contributed by atoms with Crippen molar-refractivity contribution in [2.45, 2.75) is 143 Å². The maximum atomic E-state index is 12.3. The van der Waals surface area contributed by atoms with Gasteiger partial charge in [0.2, 0.25) is 0 Å². The van der Waals surface area contributed by atoms with Gasteiger partial charge in [0.15, 0.2) is 0 Å². The van der Waals surface area contributed by atoms with Crippen molar-refractivity contribution in [3.8, 4) is 0 Å². The molecule has 2 spiro atoms. The van der Waals surface area contributed by atoms with Crippen LogP contribution in [0.25, 0.3) is 0 Å². The normalized spacial score (nSPS) is 56.8. The minimum absolute atomic E-state index is 0.0209. The van der Waals surface area contributed by atoms with Gasteiger partial charge >= 0.3 is 0 Å². The standard InChI is InChI=1S/C32H54O5/c1-9-36-26(28(5,6)35)19-16-18(2)23-24(37-19)25(34)30(8)21-11-10-20-27(3,4)22(33)12-13-31(20)17-32(21,31)15-14-29(23,30)7/h18-26,33-35H,9-17H2,1-8H3/t18-,19?,20+,21?,22+,23+,24?,25+,26+,29-,30-,31-,32+/m1/s1. The molecule has 0 aromatic heterocycles. The van der Waals surface area contributed by atoms with E-state index in [1.807, 2.05) is 20.8 Å². The van der Waals surface area contributed by atoms with E-state index in [1.54, 1.807) is 0 Å². The maximum Gasteiger partial charge on any atom is 0.112 e. The Balaban J connectivity index is 1.35. The van der Waals surface area contributed by atoms with Gasteiger partial charge in [-0.15, -0.1) is 0 Å². The highest BCUT2D eigenvalue weighted by atomic mass is 16.6. The quantitative estimate of drug-likeness (QED) is 0.468. The lowest BCUT2D eigenvalue weighted by atomic mass is 9.41. The number of fused-ring (bicyclic) bond motifs is 4. The van der Waals surface area contributed by atoms with Crippen molar-refractivity contribution in [1.29, 1.82) is 0 Å². The zero-order chi connectivity index (χ0) is 27.0. The molecule has 6 fully saturated rings. The molecular weight excluding hydrogens is 464 g/mol. The molecule has 5 nitrogen and oxygen atoms in total. The van der Waals surface area contributed by atoms with Crippen molar-refractivity contribution >= 4 is 0 Å². The van der Waals surface area contributed by atoms with Crippen LogP contribution < -0.4 is 0 Å². The Kier molecular flexibility index (Phi) is 5.81. The SMILES string of the molecule is CCO[C@@H](C1C[C@@H](C)[C@H]2C(O1)[C@H](O)[C@@]1(C)C3CC[C@H]4C(C)(C)[C@@H](O)CC[C@@]45C[C@@]35CC[C@]21C)C(C)(C)O. The fourth-order valence-corrected chi connectivity index (χ4v) is 12.5. The molecule has 1 heterocycles. The molecule has 5 saturated carbocycles. The fraction of sp³-hybridized carbons (Fsp3) is 1.00. The highest BCUT2D eigenvalue weighted by molar-refractivity contribution is 5.32. The monoisotopic (exact) mass is 518 g/mol. The number of hydrogen-bond acceptors (Lipinski definition) is 5. The summed E-state index contributed by atoms with van der Waals surface area (Å²) in [5.74, 6) is 1.82. The van der Waals surface area contributed by atoms with Crippen molar-refractivity contribution in [3.05, 3.63) is 0 Å². The van der Waals surface area contributed by atoms with Crippen molar-refractivity contribution in [2.75, 3.05) is 6.61 Å². The van der Waals surface area contributed by atoms with Crippen LogP contribution in [0.1, 0.15) is 107 Å². The van der Waals surface area contributed by atoms with E-state index in [0.717, 1.165) is 32.1 Å². The molecule has 37 heavy (non-hydrogen) atoms. The summed E-state index contributed by atoms with van der Waals surface area (Å²) in [5, 5.41) is 34.2. The number of ether oxygens (including phenoxy) is 2. The van der Waals surface area contributed by atoms with Crippen LogP contribution in [0.3, 0.4) is 0 Å². The van der Waals surface area contributed by atoms with Crippen LogP contribution in [-0.2, 0) is 9.47 Å². The molecule has 0 radical (unpaired) electrons. The molecule has 0 aromatic carbocycles. The third kappa shape index (κ3) is 3.10. The van der Waals surface area contributed by atoms with Crippen LogP contribution in [0.5, 0.6) is 0 Å². The van der Waals surface area contributed by atoms with Gasteiger partial charge in [-0.1, -0.05) is 34.6 Å². The first-order valence-electron chi connectivity index (χ1n) is 15.5. The minimum atomic E-state index is -1.00. The van der Waals surface area contributed by atoms with Crippen LogP contribution in [0.15, 0.2) is 0 Å². The summed E-state index contributed by atoms with van der Waals surface area (Å²) in [5.41, 5.74) is -0.501. The van der Waals surface area contributed by atoms with Crippen LogP contribution in [0.4, 0.5) is 0 Å². The van der Waals surface area contributed by atoms with E-state index in [1.165, 1.54) is 19.3 Å². The summed E-state index contributed by atoms with van der Waals surface area (Å²) in [4.78, 5) is 0. The average Bonchev–Trinajstić information content (AvgIpc) is 3.44. The molecule has 5 heteroatoms. The zero-order valence-electron chi connectivity index (χ0n) is 24.7. The molecule has 0 bridgehead atoms. The van der Waals surface area contributed by atoms with Gasteiger partial charge in [0.05, 0.1) is 30.0 Å². The lowest BCUT2D eigenvalue weighted by Gasteiger charge is -2.63. The number of aliphatic hydroxyl groups excluding tert-OH is 2. The smallest absolute Gasteiger partial charge is 0.112 e. The summed E-state index contributed by atoms with van der Waals surface area (Å²) in [7, 11) is 0. The molecule has 6 aliphatic rings. The topological polar surface area (TPSA) is 79.2 Å². The molecule has 1 saturated heterocycles. The second-order valence-electron chi connectivity index (χ2n) is 16.1. The minimum Gasteiger partial charge on any atom is -0.393 e. The van der Waals surface area contributed by atoms with Crippen molar-refractivity contribution < 1.29 is 24.8 Å². The van der Waals surface area contributed by atoms with E-state index >= 15 is 0 Å². The number of aliphatic hydroxyl groups is 3. The van der Waals surface area contributed by atoms with Crippen LogP contribution in [0, 0.1) is 50.7 Å². The first-order valence-corrected chi connectivity index (χ1v) is 15.5. The van der Waals surface area contributed by atoms with Gasteiger partial charge in [0.1, 0.15) is 6.10 Å². The lowest BCUT2D eigenvalue weighted by Crippen LogP contribution is -2.59.